The molecule has 1 atom stereocenters. The molecular weight excluding hydrogens is 536 g/mol. The largest absolute Gasteiger partial charge is 0.475 e. The van der Waals surface area contributed by atoms with Gasteiger partial charge >= 0.3 is 0 Å². The Labute approximate surface area is 245 Å². The lowest BCUT2D eigenvalue weighted by molar-refractivity contribution is 0.0545. The third-order valence-electron chi connectivity index (χ3n) is 8.30. The molecule has 2 heterocycles. The molecule has 2 aliphatic rings. The van der Waals surface area contributed by atoms with Crippen LogP contribution in [-0.2, 0) is 10.0 Å². The zero-order valence-electron chi connectivity index (χ0n) is 24.6. The van der Waals surface area contributed by atoms with E-state index in [1.165, 1.54) is 31.4 Å². The van der Waals surface area contributed by atoms with E-state index >= 15 is 0 Å². The average molecular weight is 579 g/mol. The first-order chi connectivity index (χ1) is 19.5. The first-order valence-electron chi connectivity index (χ1n) is 14.6. The van der Waals surface area contributed by atoms with E-state index in [1.807, 2.05) is 43.9 Å². The average Bonchev–Trinajstić information content (AvgIpc) is 2.89. The molecule has 1 fully saturated rings. The zero-order chi connectivity index (χ0) is 29.3. The highest BCUT2D eigenvalue weighted by molar-refractivity contribution is 7.92. The fraction of sp³-hybridized carbons (Fsp3) is 0.469. The maximum Gasteiger partial charge on any atom is 0.264 e. The number of aromatic nitrogens is 2. The van der Waals surface area contributed by atoms with E-state index in [0.29, 0.717) is 35.5 Å². The predicted octanol–water partition coefficient (Wildman–Crippen LogP) is 6.56. The Kier molecular flexibility index (Phi) is 8.36. The molecule has 4 bridgehead atoms. The molecule has 0 saturated heterocycles. The summed E-state index contributed by atoms with van der Waals surface area (Å²) in [6.45, 7) is 11.0. The Morgan fingerprint density at radius 3 is 2.44 bits per heavy atom. The van der Waals surface area contributed by atoms with Crippen LogP contribution in [0.1, 0.15) is 74.4 Å². The van der Waals surface area contributed by atoms with Crippen molar-refractivity contribution in [3.05, 3.63) is 64.7 Å². The maximum atomic E-state index is 14.0. The standard InChI is InChI=1S/C32H40N4O4S.H2/c1-20(2)17-26-19-40-30-23(5)29(28-21(3)9-6-10-22(28)4)33-32(34-30)35-41(38,39)27-14-8-13-25(18-27)31(37)36(26)16-15-24-11-7-12-24;/h6,8-10,13-14,18,20,24,26H,7,11-12,15-17,19H2,1-5H3,(H,33,34,35);1H/t26-;/m1./s1. The van der Waals surface area contributed by atoms with Crippen LogP contribution in [0.3, 0.4) is 0 Å². The number of aryl methyl sites for hydroxylation is 2. The van der Waals surface area contributed by atoms with Crippen LogP contribution >= 0.6 is 0 Å². The van der Waals surface area contributed by atoms with E-state index in [-0.39, 0.29) is 30.8 Å². The Hall–Kier alpha value is -3.46. The van der Waals surface area contributed by atoms with Gasteiger partial charge in [0.05, 0.1) is 16.6 Å². The summed E-state index contributed by atoms with van der Waals surface area (Å²) in [7, 11) is -4.09. The van der Waals surface area contributed by atoms with Crippen LogP contribution in [-0.4, -0.2) is 48.4 Å². The second-order valence-electron chi connectivity index (χ2n) is 11.9. The lowest BCUT2D eigenvalue weighted by Crippen LogP contribution is -2.45. The van der Waals surface area contributed by atoms with Crippen molar-refractivity contribution < 1.29 is 19.4 Å². The first-order valence-corrected chi connectivity index (χ1v) is 16.0. The molecule has 9 heteroatoms. The maximum absolute atomic E-state index is 14.0. The van der Waals surface area contributed by atoms with E-state index in [4.69, 9.17) is 4.74 Å². The van der Waals surface area contributed by atoms with E-state index in [2.05, 4.69) is 28.5 Å². The van der Waals surface area contributed by atoms with Gasteiger partial charge in [0.2, 0.25) is 11.8 Å². The van der Waals surface area contributed by atoms with Gasteiger partial charge in [-0.3, -0.25) is 4.79 Å². The second-order valence-corrected chi connectivity index (χ2v) is 13.6. The molecule has 1 N–H and O–H groups in total. The number of amides is 1. The number of ether oxygens (including phenoxy) is 1. The van der Waals surface area contributed by atoms with Crippen molar-refractivity contribution in [1.29, 1.82) is 0 Å². The molecule has 3 aromatic rings. The highest BCUT2D eigenvalue weighted by atomic mass is 32.2. The van der Waals surface area contributed by atoms with Crippen LogP contribution in [0.2, 0.25) is 0 Å². The van der Waals surface area contributed by atoms with Crippen molar-refractivity contribution in [3.63, 3.8) is 0 Å². The number of nitrogens with zero attached hydrogens (tertiary/aromatic N) is 3. The minimum atomic E-state index is -4.09. The first kappa shape index (κ1) is 29.0. The third kappa shape index (κ3) is 6.25. The quantitative estimate of drug-likeness (QED) is 0.356. The lowest BCUT2D eigenvalue weighted by atomic mass is 9.83. The van der Waals surface area contributed by atoms with E-state index in [1.54, 1.807) is 12.1 Å². The molecule has 0 radical (unpaired) electrons. The van der Waals surface area contributed by atoms with Gasteiger partial charge in [0.25, 0.3) is 15.9 Å². The van der Waals surface area contributed by atoms with Crippen molar-refractivity contribution >= 4 is 21.9 Å². The summed E-state index contributed by atoms with van der Waals surface area (Å²) < 4.78 is 36.1. The van der Waals surface area contributed by atoms with Crippen molar-refractivity contribution in [2.75, 3.05) is 17.9 Å². The molecule has 1 amide bonds. The minimum Gasteiger partial charge on any atom is -0.475 e. The number of hydrogen-bond acceptors (Lipinski definition) is 6. The molecule has 1 saturated carbocycles. The highest BCUT2D eigenvalue weighted by Gasteiger charge is 2.31. The third-order valence-corrected chi connectivity index (χ3v) is 9.62. The Morgan fingerprint density at radius 1 is 1.07 bits per heavy atom. The molecular formula is C32H42N4O4S. The van der Waals surface area contributed by atoms with E-state index < -0.39 is 10.0 Å². The van der Waals surface area contributed by atoms with Gasteiger partial charge in [0.15, 0.2) is 0 Å². The number of carbonyl (C=O) groups excluding carboxylic acids is 1. The van der Waals surface area contributed by atoms with Gasteiger partial charge in [0.1, 0.15) is 6.61 Å². The molecule has 1 aliphatic heterocycles. The fourth-order valence-electron chi connectivity index (χ4n) is 5.81. The van der Waals surface area contributed by atoms with E-state index in [9.17, 15) is 13.2 Å². The van der Waals surface area contributed by atoms with Crippen LogP contribution in [0.5, 0.6) is 5.88 Å². The number of anilines is 1. The molecule has 220 valence electrons. The number of fused-ring (bicyclic) bond motifs is 4. The monoisotopic (exact) mass is 578 g/mol. The van der Waals surface area contributed by atoms with Crippen LogP contribution in [0.25, 0.3) is 11.3 Å². The number of nitrogens with one attached hydrogen (secondary N) is 1. The van der Waals surface area contributed by atoms with E-state index in [0.717, 1.165) is 35.1 Å². The summed E-state index contributed by atoms with van der Waals surface area (Å²) in [5.41, 5.74) is 4.63. The zero-order valence-corrected chi connectivity index (χ0v) is 25.4. The summed E-state index contributed by atoms with van der Waals surface area (Å²) in [4.78, 5) is 25.1. The molecule has 5 rings (SSSR count). The summed E-state index contributed by atoms with van der Waals surface area (Å²) in [6, 6.07) is 12.0. The van der Waals surface area contributed by atoms with Gasteiger partial charge in [-0.2, -0.15) is 4.98 Å². The van der Waals surface area contributed by atoms with Gasteiger partial charge in [0, 0.05) is 24.7 Å². The minimum absolute atomic E-state index is 0. The van der Waals surface area contributed by atoms with Gasteiger partial charge in [-0.15, -0.1) is 0 Å². The second kappa shape index (κ2) is 11.8. The smallest absolute Gasteiger partial charge is 0.264 e. The van der Waals surface area contributed by atoms with Crippen LogP contribution in [0, 0.1) is 32.6 Å². The summed E-state index contributed by atoms with van der Waals surface area (Å²) >= 11 is 0. The normalized spacial score (nSPS) is 18.9. The number of carbonyl (C=O) groups is 1. The predicted molar refractivity (Wildman–Crippen MR) is 163 cm³/mol. The van der Waals surface area contributed by atoms with Gasteiger partial charge < -0.3 is 9.64 Å². The van der Waals surface area contributed by atoms with Crippen molar-refractivity contribution in [3.8, 4) is 17.1 Å². The lowest BCUT2D eigenvalue weighted by Gasteiger charge is -2.35. The molecule has 1 aliphatic carbocycles. The Morgan fingerprint density at radius 2 is 1.78 bits per heavy atom. The fourth-order valence-corrected chi connectivity index (χ4v) is 6.80. The molecule has 8 nitrogen and oxygen atoms in total. The van der Waals surface area contributed by atoms with Gasteiger partial charge in [-0.25, -0.2) is 18.1 Å². The molecule has 2 aromatic carbocycles. The number of sulfonamides is 1. The van der Waals surface area contributed by atoms with Crippen LogP contribution < -0.4 is 9.46 Å². The van der Waals surface area contributed by atoms with Gasteiger partial charge in [-0.1, -0.05) is 57.4 Å². The summed E-state index contributed by atoms with van der Waals surface area (Å²) in [5.74, 6) is 0.998. The van der Waals surface area contributed by atoms with Crippen LogP contribution in [0.15, 0.2) is 47.4 Å². The van der Waals surface area contributed by atoms with Crippen LogP contribution in [0.4, 0.5) is 5.95 Å². The molecule has 41 heavy (non-hydrogen) atoms. The summed E-state index contributed by atoms with van der Waals surface area (Å²) in [5, 5.41) is 0. The Bertz CT molecular complexity index is 1540. The number of benzene rings is 2. The van der Waals surface area contributed by atoms with Crippen molar-refractivity contribution in [2.24, 2.45) is 11.8 Å². The van der Waals surface area contributed by atoms with Crippen molar-refractivity contribution in [1.82, 2.24) is 14.9 Å². The SMILES string of the molecule is Cc1cccc(C)c1-c1nc2nc(c1C)OC[C@@H](CC(C)C)N(CCC1CCC1)C(=O)c1cccc(c1)S(=O)(=O)N2.[HH]. The summed E-state index contributed by atoms with van der Waals surface area (Å²) in [6.07, 6.45) is 5.29. The topological polar surface area (TPSA) is 101 Å². The van der Waals surface area contributed by atoms with Crippen molar-refractivity contribution in [2.45, 2.75) is 77.7 Å². The van der Waals surface area contributed by atoms with Gasteiger partial charge in [-0.05, 0) is 74.8 Å². The number of hydrogen-bond donors (Lipinski definition) is 1. The Balaban J connectivity index is 0.00000405. The highest BCUT2D eigenvalue weighted by Crippen LogP contribution is 2.35. The number of rotatable bonds is 6. The molecule has 1 aromatic heterocycles. The molecule has 0 spiro atoms. The molecule has 0 unspecified atom stereocenters.